The highest BCUT2D eigenvalue weighted by molar-refractivity contribution is 5.88. The monoisotopic (exact) mass is 358 g/mol. The summed E-state index contributed by atoms with van der Waals surface area (Å²) in [6.45, 7) is 0.390. The number of benzene rings is 2. The lowest BCUT2D eigenvalue weighted by molar-refractivity contribution is 0.0686. The minimum Gasteiger partial charge on any atom is -0.478 e. The maximum absolute atomic E-state index is 10.7. The van der Waals surface area contributed by atoms with Crippen LogP contribution in [-0.2, 0) is 0 Å². The number of unbranched alkanes of at least 4 members (excludes halogenated alkanes) is 1. The van der Waals surface area contributed by atoms with E-state index in [-0.39, 0.29) is 24.3 Å². The summed E-state index contributed by atoms with van der Waals surface area (Å²) in [4.78, 5) is 21.4. The third-order valence-corrected chi connectivity index (χ3v) is 3.35. The van der Waals surface area contributed by atoms with Gasteiger partial charge in [0.1, 0.15) is 0 Å². The molecule has 0 atom stereocenters. The van der Waals surface area contributed by atoms with Crippen molar-refractivity contribution in [1.82, 2.24) is 0 Å². The standard InChI is InChI=1S/C16H12O4.C4H10O2/c17-15(18)13-7-3-11(4-8-13)1-2-12-5-9-14(10-6-12)16(19)20;5-3-1-2-4-6/h1-10H,(H,17,18)(H,19,20);5-6H,1-4H2/b2-1+;. The van der Waals surface area contributed by atoms with Crippen LogP contribution < -0.4 is 0 Å². The molecule has 0 aliphatic rings. The van der Waals surface area contributed by atoms with Crippen LogP contribution in [0.2, 0.25) is 0 Å². The first-order valence-corrected chi connectivity index (χ1v) is 8.04. The van der Waals surface area contributed by atoms with E-state index in [9.17, 15) is 9.59 Å². The molecule has 0 spiro atoms. The summed E-state index contributed by atoms with van der Waals surface area (Å²) in [6.07, 6.45) is 5.11. The van der Waals surface area contributed by atoms with Gasteiger partial charge in [-0.25, -0.2) is 9.59 Å². The summed E-state index contributed by atoms with van der Waals surface area (Å²) in [6, 6.07) is 13.0. The SMILES string of the molecule is O=C(O)c1ccc(/C=C/c2ccc(C(=O)O)cc2)cc1.OCCCCO. The van der Waals surface area contributed by atoms with Crippen LogP contribution in [0.25, 0.3) is 12.2 Å². The van der Waals surface area contributed by atoms with E-state index in [1.165, 1.54) is 24.3 Å². The first kappa shape index (κ1) is 21.1. The maximum Gasteiger partial charge on any atom is 0.335 e. The maximum atomic E-state index is 10.7. The van der Waals surface area contributed by atoms with Crippen LogP contribution in [0.1, 0.15) is 44.7 Å². The molecule has 0 aliphatic carbocycles. The Hall–Kier alpha value is -2.96. The number of carboxylic acids is 2. The summed E-state index contributed by atoms with van der Waals surface area (Å²) in [5.41, 5.74) is 2.23. The van der Waals surface area contributed by atoms with Crippen molar-refractivity contribution in [2.45, 2.75) is 12.8 Å². The second kappa shape index (κ2) is 11.6. The van der Waals surface area contributed by atoms with Gasteiger partial charge in [-0.3, -0.25) is 0 Å². The van der Waals surface area contributed by atoms with Crippen molar-refractivity contribution in [2.24, 2.45) is 0 Å². The van der Waals surface area contributed by atoms with Gasteiger partial charge in [0.2, 0.25) is 0 Å². The molecule has 0 aliphatic heterocycles. The predicted molar refractivity (Wildman–Crippen MR) is 99.1 cm³/mol. The highest BCUT2D eigenvalue weighted by Crippen LogP contribution is 2.11. The molecular formula is C20H22O6. The van der Waals surface area contributed by atoms with E-state index in [2.05, 4.69) is 0 Å². The lowest BCUT2D eigenvalue weighted by Crippen LogP contribution is -1.95. The van der Waals surface area contributed by atoms with Crippen LogP contribution in [0.15, 0.2) is 48.5 Å². The summed E-state index contributed by atoms with van der Waals surface area (Å²) < 4.78 is 0. The number of hydrogen-bond donors (Lipinski definition) is 4. The van der Waals surface area contributed by atoms with Crippen LogP contribution in [0.4, 0.5) is 0 Å². The molecule has 0 saturated carbocycles. The minimum absolute atomic E-state index is 0.195. The Morgan fingerprint density at radius 3 is 1.19 bits per heavy atom. The molecule has 0 aromatic heterocycles. The molecule has 0 saturated heterocycles. The van der Waals surface area contributed by atoms with Crippen LogP contribution >= 0.6 is 0 Å². The Labute approximate surface area is 151 Å². The molecule has 2 rings (SSSR count). The first-order chi connectivity index (χ1) is 12.5. The minimum atomic E-state index is -0.954. The van der Waals surface area contributed by atoms with Crippen LogP contribution in [0.3, 0.4) is 0 Å². The van der Waals surface area contributed by atoms with Gasteiger partial charge < -0.3 is 20.4 Å². The van der Waals surface area contributed by atoms with Gasteiger partial charge in [0.25, 0.3) is 0 Å². The Morgan fingerprint density at radius 2 is 0.962 bits per heavy atom. The van der Waals surface area contributed by atoms with Crippen LogP contribution in [0, 0.1) is 0 Å². The van der Waals surface area contributed by atoms with Gasteiger partial charge in [0, 0.05) is 13.2 Å². The van der Waals surface area contributed by atoms with Crippen molar-refractivity contribution in [2.75, 3.05) is 13.2 Å². The molecule has 2 aromatic carbocycles. The molecule has 0 fully saturated rings. The molecule has 2 aromatic rings. The molecule has 0 unspecified atom stereocenters. The molecular weight excluding hydrogens is 336 g/mol. The molecule has 0 heterocycles. The van der Waals surface area contributed by atoms with Gasteiger partial charge in [-0.1, -0.05) is 36.4 Å². The fraction of sp³-hybridized carbons (Fsp3) is 0.200. The average Bonchev–Trinajstić information content (AvgIpc) is 2.66. The van der Waals surface area contributed by atoms with E-state index in [1.807, 2.05) is 12.2 Å². The second-order valence-corrected chi connectivity index (χ2v) is 5.34. The van der Waals surface area contributed by atoms with E-state index >= 15 is 0 Å². The second-order valence-electron chi connectivity index (χ2n) is 5.34. The van der Waals surface area contributed by atoms with Crippen molar-refractivity contribution < 1.29 is 30.0 Å². The van der Waals surface area contributed by atoms with E-state index in [1.54, 1.807) is 24.3 Å². The Kier molecular flexibility index (Phi) is 9.38. The number of hydrogen-bond acceptors (Lipinski definition) is 4. The number of aliphatic hydroxyl groups is 2. The zero-order chi connectivity index (χ0) is 19.4. The van der Waals surface area contributed by atoms with Crippen molar-refractivity contribution in [1.29, 1.82) is 0 Å². The quantitative estimate of drug-likeness (QED) is 0.447. The number of rotatable bonds is 7. The van der Waals surface area contributed by atoms with Gasteiger partial charge in [0.15, 0.2) is 0 Å². The molecule has 6 nitrogen and oxygen atoms in total. The zero-order valence-electron chi connectivity index (χ0n) is 14.2. The van der Waals surface area contributed by atoms with Crippen molar-refractivity contribution in [3.8, 4) is 0 Å². The zero-order valence-corrected chi connectivity index (χ0v) is 14.2. The third kappa shape index (κ3) is 7.74. The number of aliphatic hydroxyl groups excluding tert-OH is 2. The van der Waals surface area contributed by atoms with Gasteiger partial charge in [-0.2, -0.15) is 0 Å². The highest BCUT2D eigenvalue weighted by atomic mass is 16.4. The van der Waals surface area contributed by atoms with E-state index in [0.717, 1.165) is 24.0 Å². The Balaban J connectivity index is 0.000000487. The smallest absolute Gasteiger partial charge is 0.335 e. The average molecular weight is 358 g/mol. The highest BCUT2D eigenvalue weighted by Gasteiger charge is 2.01. The lowest BCUT2D eigenvalue weighted by atomic mass is 10.1. The molecule has 4 N–H and O–H groups in total. The van der Waals surface area contributed by atoms with Crippen molar-refractivity contribution in [3.63, 3.8) is 0 Å². The summed E-state index contributed by atoms with van der Waals surface area (Å²) in [5, 5.41) is 33.7. The molecule has 6 heteroatoms. The molecule has 138 valence electrons. The third-order valence-electron chi connectivity index (χ3n) is 3.35. The van der Waals surface area contributed by atoms with Crippen LogP contribution in [-0.4, -0.2) is 45.6 Å². The van der Waals surface area contributed by atoms with Crippen molar-refractivity contribution >= 4 is 24.1 Å². The molecule has 0 bridgehead atoms. The normalized spacial score (nSPS) is 10.2. The van der Waals surface area contributed by atoms with E-state index in [0.29, 0.717) is 0 Å². The summed E-state index contributed by atoms with van der Waals surface area (Å²) in [7, 11) is 0. The van der Waals surface area contributed by atoms with Gasteiger partial charge in [-0.05, 0) is 48.2 Å². The predicted octanol–water partition coefficient (Wildman–Crippen LogP) is 3.00. The molecule has 0 radical (unpaired) electrons. The summed E-state index contributed by atoms with van der Waals surface area (Å²) in [5.74, 6) is -1.91. The van der Waals surface area contributed by atoms with E-state index in [4.69, 9.17) is 20.4 Å². The van der Waals surface area contributed by atoms with Gasteiger partial charge in [-0.15, -0.1) is 0 Å². The lowest BCUT2D eigenvalue weighted by Gasteiger charge is -1.97. The van der Waals surface area contributed by atoms with Crippen molar-refractivity contribution in [3.05, 3.63) is 70.8 Å². The fourth-order valence-electron chi connectivity index (χ4n) is 1.89. The van der Waals surface area contributed by atoms with Gasteiger partial charge >= 0.3 is 11.9 Å². The Bertz CT molecular complexity index is 653. The van der Waals surface area contributed by atoms with E-state index < -0.39 is 11.9 Å². The largest absolute Gasteiger partial charge is 0.478 e. The topological polar surface area (TPSA) is 115 Å². The number of aromatic carboxylic acids is 2. The number of carbonyl (C=O) groups is 2. The Morgan fingerprint density at radius 1 is 0.654 bits per heavy atom. The van der Waals surface area contributed by atoms with Crippen LogP contribution in [0.5, 0.6) is 0 Å². The first-order valence-electron chi connectivity index (χ1n) is 8.04. The fourth-order valence-corrected chi connectivity index (χ4v) is 1.89. The molecule has 26 heavy (non-hydrogen) atoms. The van der Waals surface area contributed by atoms with Gasteiger partial charge in [0.05, 0.1) is 11.1 Å². The molecule has 0 amide bonds. The summed E-state index contributed by atoms with van der Waals surface area (Å²) >= 11 is 0. The number of carboxylic acid groups (broad SMARTS) is 2.